The maximum absolute atomic E-state index is 6.08. The Morgan fingerprint density at radius 2 is 2.11 bits per heavy atom. The van der Waals surface area contributed by atoms with Gasteiger partial charge in [-0.1, -0.05) is 23.2 Å². The van der Waals surface area contributed by atoms with Gasteiger partial charge in [0.2, 0.25) is 5.88 Å². The van der Waals surface area contributed by atoms with Crippen LogP contribution in [-0.4, -0.2) is 17.1 Å². The molecule has 0 bridgehead atoms. The van der Waals surface area contributed by atoms with Crippen LogP contribution in [0.25, 0.3) is 0 Å². The first-order valence-electron chi connectivity index (χ1n) is 4.79. The molecule has 94 valence electrons. The van der Waals surface area contributed by atoms with Gasteiger partial charge in [0.1, 0.15) is 0 Å². The lowest BCUT2D eigenvalue weighted by molar-refractivity contribution is 0.389. The van der Waals surface area contributed by atoms with E-state index < -0.39 is 0 Å². The molecule has 0 radical (unpaired) electrons. The highest BCUT2D eigenvalue weighted by atomic mass is 79.9. The van der Waals surface area contributed by atoms with E-state index in [-0.39, 0.29) is 0 Å². The topological polar surface area (TPSA) is 35.0 Å². The van der Waals surface area contributed by atoms with E-state index in [2.05, 4.69) is 25.9 Å². The molecule has 7 heteroatoms. The van der Waals surface area contributed by atoms with Crippen molar-refractivity contribution in [1.82, 2.24) is 9.97 Å². The highest BCUT2D eigenvalue weighted by Gasteiger charge is 2.09. The van der Waals surface area contributed by atoms with Crippen LogP contribution in [0.2, 0.25) is 10.0 Å². The minimum absolute atomic E-state index is 0.477. The minimum Gasteiger partial charge on any atom is -0.480 e. The zero-order chi connectivity index (χ0) is 13.1. The largest absolute Gasteiger partial charge is 0.480 e. The summed E-state index contributed by atoms with van der Waals surface area (Å²) in [6.45, 7) is 0. The lowest BCUT2D eigenvalue weighted by atomic mass is 10.4. The number of halogens is 3. The molecule has 0 aliphatic heterocycles. The standard InChI is InChI=1S/C11H7BrCl2N2OS/c1-17-10-7(12)5-15-11(16-10)18-9-4-6(13)2-3-8(9)14/h2-5H,1H3. The van der Waals surface area contributed by atoms with E-state index in [0.717, 1.165) is 4.90 Å². The first-order valence-corrected chi connectivity index (χ1v) is 7.16. The Balaban J connectivity index is 2.31. The third-order valence-corrected chi connectivity index (χ3v) is 4.14. The van der Waals surface area contributed by atoms with Crippen molar-refractivity contribution in [2.45, 2.75) is 10.1 Å². The van der Waals surface area contributed by atoms with E-state index >= 15 is 0 Å². The number of hydrogen-bond donors (Lipinski definition) is 0. The zero-order valence-corrected chi connectivity index (χ0v) is 13.1. The van der Waals surface area contributed by atoms with E-state index in [1.165, 1.54) is 11.8 Å². The van der Waals surface area contributed by atoms with Crippen LogP contribution in [0.1, 0.15) is 0 Å². The molecule has 0 aliphatic carbocycles. The SMILES string of the molecule is COc1nc(Sc2cc(Cl)ccc2Cl)ncc1Br. The Labute approximate surface area is 127 Å². The highest BCUT2D eigenvalue weighted by molar-refractivity contribution is 9.10. The first-order chi connectivity index (χ1) is 8.60. The molecule has 0 amide bonds. The van der Waals surface area contributed by atoms with E-state index in [9.17, 15) is 0 Å². The molecule has 0 spiro atoms. The van der Waals surface area contributed by atoms with Crippen LogP contribution in [0, 0.1) is 0 Å². The summed E-state index contributed by atoms with van der Waals surface area (Å²) in [4.78, 5) is 9.21. The van der Waals surface area contributed by atoms with Crippen molar-refractivity contribution in [3.63, 3.8) is 0 Å². The van der Waals surface area contributed by atoms with Crippen LogP contribution in [-0.2, 0) is 0 Å². The van der Waals surface area contributed by atoms with Crippen molar-refractivity contribution >= 4 is 50.9 Å². The summed E-state index contributed by atoms with van der Waals surface area (Å²) in [6, 6.07) is 5.24. The van der Waals surface area contributed by atoms with Crippen molar-refractivity contribution in [2.75, 3.05) is 7.11 Å². The number of methoxy groups -OCH3 is 1. The van der Waals surface area contributed by atoms with Crippen molar-refractivity contribution in [2.24, 2.45) is 0 Å². The lowest BCUT2D eigenvalue weighted by Gasteiger charge is -2.06. The highest BCUT2D eigenvalue weighted by Crippen LogP contribution is 2.34. The molecule has 3 nitrogen and oxygen atoms in total. The Hall–Kier alpha value is -0.490. The summed E-state index contributed by atoms with van der Waals surface area (Å²) < 4.78 is 5.81. The normalized spacial score (nSPS) is 10.4. The number of ether oxygens (including phenoxy) is 1. The summed E-state index contributed by atoms with van der Waals surface area (Å²) in [5.41, 5.74) is 0. The molecule has 0 N–H and O–H groups in total. The summed E-state index contributed by atoms with van der Waals surface area (Å²) in [7, 11) is 1.55. The molecular formula is C11H7BrCl2N2OS. The third kappa shape index (κ3) is 3.29. The monoisotopic (exact) mass is 364 g/mol. The molecule has 0 unspecified atom stereocenters. The third-order valence-electron chi connectivity index (χ3n) is 1.98. The van der Waals surface area contributed by atoms with Gasteiger partial charge >= 0.3 is 0 Å². The molecule has 0 fully saturated rings. The van der Waals surface area contributed by atoms with Crippen LogP contribution in [0.15, 0.2) is 38.9 Å². The van der Waals surface area contributed by atoms with E-state index in [1.54, 1.807) is 31.5 Å². The molecule has 1 heterocycles. The number of nitrogens with zero attached hydrogens (tertiary/aromatic N) is 2. The Kier molecular flexibility index (Phi) is 4.72. The molecule has 1 aromatic heterocycles. The Morgan fingerprint density at radius 3 is 2.83 bits per heavy atom. The van der Waals surface area contributed by atoms with Gasteiger partial charge in [0, 0.05) is 16.1 Å². The van der Waals surface area contributed by atoms with Crippen LogP contribution >= 0.6 is 50.9 Å². The summed E-state index contributed by atoms with van der Waals surface area (Å²) in [5.74, 6) is 0.477. The first kappa shape index (κ1) is 13.9. The summed E-state index contributed by atoms with van der Waals surface area (Å²) in [6.07, 6.45) is 1.63. The van der Waals surface area contributed by atoms with Crippen molar-refractivity contribution in [1.29, 1.82) is 0 Å². The smallest absolute Gasteiger partial charge is 0.231 e. The van der Waals surface area contributed by atoms with Crippen LogP contribution in [0.5, 0.6) is 5.88 Å². The predicted molar refractivity (Wildman–Crippen MR) is 76.9 cm³/mol. The van der Waals surface area contributed by atoms with Gasteiger partial charge < -0.3 is 4.74 Å². The van der Waals surface area contributed by atoms with E-state index in [1.807, 2.05) is 0 Å². The number of benzene rings is 1. The summed E-state index contributed by atoms with van der Waals surface area (Å²) >= 11 is 16.6. The van der Waals surface area contributed by atoms with Crippen LogP contribution < -0.4 is 4.74 Å². The van der Waals surface area contributed by atoms with Gasteiger partial charge in [0.25, 0.3) is 0 Å². The van der Waals surface area contributed by atoms with E-state index in [0.29, 0.717) is 25.6 Å². The summed E-state index contributed by atoms with van der Waals surface area (Å²) in [5, 5.41) is 1.76. The quantitative estimate of drug-likeness (QED) is 0.738. The van der Waals surface area contributed by atoms with Crippen LogP contribution in [0.3, 0.4) is 0 Å². The molecule has 2 aromatic rings. The maximum atomic E-state index is 6.08. The van der Waals surface area contributed by atoms with Gasteiger partial charge in [-0.15, -0.1) is 0 Å². The molecule has 0 atom stereocenters. The molecule has 0 saturated carbocycles. The average molecular weight is 366 g/mol. The second-order valence-corrected chi connectivity index (χ2v) is 5.89. The van der Waals surface area contributed by atoms with Crippen molar-refractivity contribution in [3.8, 4) is 5.88 Å². The lowest BCUT2D eigenvalue weighted by Crippen LogP contribution is -1.93. The zero-order valence-electron chi connectivity index (χ0n) is 9.15. The second kappa shape index (κ2) is 6.10. The fraction of sp³-hybridized carbons (Fsp3) is 0.0909. The van der Waals surface area contributed by atoms with Gasteiger partial charge in [-0.3, -0.25) is 0 Å². The van der Waals surface area contributed by atoms with Crippen LogP contribution in [0.4, 0.5) is 0 Å². The molecule has 18 heavy (non-hydrogen) atoms. The van der Waals surface area contributed by atoms with Gasteiger partial charge in [-0.2, -0.15) is 4.98 Å². The molecule has 0 saturated heterocycles. The average Bonchev–Trinajstić information content (AvgIpc) is 2.36. The molecule has 0 aliphatic rings. The number of aromatic nitrogens is 2. The fourth-order valence-electron chi connectivity index (χ4n) is 1.18. The van der Waals surface area contributed by atoms with Crippen molar-refractivity contribution in [3.05, 3.63) is 38.9 Å². The van der Waals surface area contributed by atoms with Gasteiger partial charge in [0.05, 0.1) is 16.6 Å². The van der Waals surface area contributed by atoms with Gasteiger partial charge in [0.15, 0.2) is 5.16 Å². The minimum atomic E-state index is 0.477. The molecule has 1 aromatic carbocycles. The molecular weight excluding hydrogens is 359 g/mol. The maximum Gasteiger partial charge on any atom is 0.231 e. The second-order valence-electron chi connectivity index (χ2n) is 3.19. The predicted octanol–water partition coefficient (Wildman–Crippen LogP) is 4.71. The van der Waals surface area contributed by atoms with Gasteiger partial charge in [-0.05, 0) is 45.9 Å². The Morgan fingerprint density at radius 1 is 1.33 bits per heavy atom. The van der Waals surface area contributed by atoms with E-state index in [4.69, 9.17) is 27.9 Å². The fourth-order valence-corrected chi connectivity index (χ4v) is 2.79. The molecule has 2 rings (SSSR count). The number of hydrogen-bond acceptors (Lipinski definition) is 4. The van der Waals surface area contributed by atoms with Crippen molar-refractivity contribution < 1.29 is 4.74 Å². The Bertz CT molecular complexity index is 583. The van der Waals surface area contributed by atoms with Gasteiger partial charge in [-0.25, -0.2) is 4.98 Å². The number of rotatable bonds is 3.